The minimum atomic E-state index is -0.452. The fourth-order valence-electron chi connectivity index (χ4n) is 2.41. The molecule has 1 saturated carbocycles. The largest absolute Gasteiger partial charge is 0.378 e. The highest BCUT2D eigenvalue weighted by Gasteiger charge is 2.26. The minimum absolute atomic E-state index is 0.152. The van der Waals surface area contributed by atoms with E-state index in [0.29, 0.717) is 0 Å². The highest BCUT2D eigenvalue weighted by Crippen LogP contribution is 2.29. The Balaban J connectivity index is 2.18. The molecule has 0 heterocycles. The second-order valence-electron chi connectivity index (χ2n) is 5.84. The standard InChI is InChI=1S/C15H28N2O/c1-4-9-17-15(3,12-16)11-13(2)18-10-8-14-6-5-7-14/h13-14,17H,4-11H2,1-3H3. The van der Waals surface area contributed by atoms with Gasteiger partial charge in [0.15, 0.2) is 0 Å². The van der Waals surface area contributed by atoms with Crippen LogP contribution in [0.3, 0.4) is 0 Å². The van der Waals surface area contributed by atoms with Crippen LogP contribution in [0.1, 0.15) is 59.3 Å². The summed E-state index contributed by atoms with van der Waals surface area (Å²) in [5.41, 5.74) is -0.452. The van der Waals surface area contributed by atoms with Crippen LogP contribution < -0.4 is 5.32 Å². The van der Waals surface area contributed by atoms with Gasteiger partial charge >= 0.3 is 0 Å². The van der Waals surface area contributed by atoms with Gasteiger partial charge in [-0.1, -0.05) is 26.2 Å². The van der Waals surface area contributed by atoms with Gasteiger partial charge in [-0.05, 0) is 39.2 Å². The molecule has 3 heteroatoms. The third-order valence-corrected chi connectivity index (χ3v) is 3.86. The fraction of sp³-hybridized carbons (Fsp3) is 0.933. The SMILES string of the molecule is CCCNC(C)(C#N)CC(C)OCCC1CCC1. The lowest BCUT2D eigenvalue weighted by atomic mass is 9.83. The van der Waals surface area contributed by atoms with Crippen LogP contribution in [0.4, 0.5) is 0 Å². The number of hydrogen-bond acceptors (Lipinski definition) is 3. The maximum absolute atomic E-state index is 9.25. The van der Waals surface area contributed by atoms with Crippen molar-refractivity contribution < 1.29 is 4.74 Å². The summed E-state index contributed by atoms with van der Waals surface area (Å²) in [6.07, 6.45) is 7.31. The Morgan fingerprint density at radius 3 is 2.72 bits per heavy atom. The van der Waals surface area contributed by atoms with E-state index in [1.165, 1.54) is 25.7 Å². The van der Waals surface area contributed by atoms with E-state index in [4.69, 9.17) is 4.74 Å². The van der Waals surface area contributed by atoms with Crippen molar-refractivity contribution in [3.63, 3.8) is 0 Å². The number of hydrogen-bond donors (Lipinski definition) is 1. The average Bonchev–Trinajstić information content (AvgIpc) is 2.30. The lowest BCUT2D eigenvalue weighted by Gasteiger charge is -2.28. The monoisotopic (exact) mass is 252 g/mol. The molecule has 3 nitrogen and oxygen atoms in total. The summed E-state index contributed by atoms with van der Waals surface area (Å²) >= 11 is 0. The molecule has 0 spiro atoms. The second-order valence-corrected chi connectivity index (χ2v) is 5.84. The van der Waals surface area contributed by atoms with E-state index in [2.05, 4.69) is 25.2 Å². The molecular weight excluding hydrogens is 224 g/mol. The third-order valence-electron chi connectivity index (χ3n) is 3.86. The van der Waals surface area contributed by atoms with Crippen LogP contribution in [0, 0.1) is 17.2 Å². The molecule has 0 amide bonds. The topological polar surface area (TPSA) is 45.0 Å². The van der Waals surface area contributed by atoms with Gasteiger partial charge in [0, 0.05) is 13.0 Å². The molecule has 0 radical (unpaired) electrons. The molecule has 0 aromatic rings. The molecule has 1 fully saturated rings. The van der Waals surface area contributed by atoms with E-state index >= 15 is 0 Å². The lowest BCUT2D eigenvalue weighted by molar-refractivity contribution is 0.0336. The van der Waals surface area contributed by atoms with Gasteiger partial charge in [0.1, 0.15) is 5.54 Å². The van der Waals surface area contributed by atoms with Crippen LogP contribution in [0.2, 0.25) is 0 Å². The number of nitrogens with one attached hydrogen (secondary N) is 1. The molecule has 2 atom stereocenters. The molecule has 0 aliphatic heterocycles. The normalized spacial score (nSPS) is 20.8. The van der Waals surface area contributed by atoms with Gasteiger partial charge in [0.25, 0.3) is 0 Å². The fourth-order valence-corrected chi connectivity index (χ4v) is 2.41. The van der Waals surface area contributed by atoms with Gasteiger partial charge in [-0.15, -0.1) is 0 Å². The summed E-state index contributed by atoms with van der Waals surface area (Å²) < 4.78 is 5.83. The van der Waals surface area contributed by atoms with Gasteiger partial charge in [-0.3, -0.25) is 5.32 Å². The van der Waals surface area contributed by atoms with Crippen molar-refractivity contribution in [3.05, 3.63) is 0 Å². The molecule has 104 valence electrons. The van der Waals surface area contributed by atoms with Crippen LogP contribution in [-0.4, -0.2) is 24.8 Å². The summed E-state index contributed by atoms with van der Waals surface area (Å²) in [5, 5.41) is 12.6. The Bertz CT molecular complexity index is 270. The number of nitrogens with zero attached hydrogens (tertiary/aromatic N) is 1. The maximum Gasteiger partial charge on any atom is 0.106 e. The summed E-state index contributed by atoms with van der Waals surface area (Å²) in [7, 11) is 0. The van der Waals surface area contributed by atoms with Crippen LogP contribution in [0.15, 0.2) is 0 Å². The van der Waals surface area contributed by atoms with Gasteiger partial charge in [0.05, 0.1) is 12.2 Å². The van der Waals surface area contributed by atoms with Crippen LogP contribution in [0.5, 0.6) is 0 Å². The molecule has 0 bridgehead atoms. The predicted molar refractivity (Wildman–Crippen MR) is 74.3 cm³/mol. The first-order valence-electron chi connectivity index (χ1n) is 7.37. The number of ether oxygens (including phenoxy) is 1. The Kier molecular flexibility index (Phi) is 6.67. The Morgan fingerprint density at radius 2 is 2.22 bits per heavy atom. The second kappa shape index (κ2) is 7.76. The Hall–Kier alpha value is -0.590. The van der Waals surface area contributed by atoms with Gasteiger partial charge in [-0.2, -0.15) is 5.26 Å². The number of nitriles is 1. The molecule has 18 heavy (non-hydrogen) atoms. The van der Waals surface area contributed by atoms with E-state index in [9.17, 15) is 5.26 Å². The van der Waals surface area contributed by atoms with Crippen molar-refractivity contribution in [1.29, 1.82) is 5.26 Å². The van der Waals surface area contributed by atoms with Crippen molar-refractivity contribution in [3.8, 4) is 6.07 Å². The van der Waals surface area contributed by atoms with Crippen molar-refractivity contribution in [2.24, 2.45) is 5.92 Å². The lowest BCUT2D eigenvalue weighted by Crippen LogP contribution is -2.44. The Morgan fingerprint density at radius 1 is 1.50 bits per heavy atom. The van der Waals surface area contributed by atoms with E-state index in [-0.39, 0.29) is 6.10 Å². The first-order valence-corrected chi connectivity index (χ1v) is 7.37. The zero-order valence-corrected chi connectivity index (χ0v) is 12.2. The zero-order valence-electron chi connectivity index (χ0n) is 12.2. The van der Waals surface area contributed by atoms with Crippen molar-refractivity contribution in [1.82, 2.24) is 5.32 Å². The van der Waals surface area contributed by atoms with Crippen LogP contribution in [-0.2, 0) is 4.74 Å². The highest BCUT2D eigenvalue weighted by molar-refractivity contribution is 5.04. The summed E-state index contributed by atoms with van der Waals surface area (Å²) in [6.45, 7) is 7.89. The quantitative estimate of drug-likeness (QED) is 0.685. The zero-order chi connectivity index (χ0) is 13.4. The van der Waals surface area contributed by atoms with E-state index in [1.807, 2.05) is 6.92 Å². The highest BCUT2D eigenvalue weighted by atomic mass is 16.5. The molecule has 2 unspecified atom stereocenters. The van der Waals surface area contributed by atoms with Gasteiger partial charge < -0.3 is 4.74 Å². The molecule has 0 saturated heterocycles. The van der Waals surface area contributed by atoms with Gasteiger partial charge in [-0.25, -0.2) is 0 Å². The van der Waals surface area contributed by atoms with E-state index < -0.39 is 5.54 Å². The molecule has 1 aliphatic rings. The summed E-state index contributed by atoms with van der Waals surface area (Å²) in [4.78, 5) is 0. The first kappa shape index (κ1) is 15.5. The third kappa shape index (κ3) is 5.37. The maximum atomic E-state index is 9.25. The smallest absolute Gasteiger partial charge is 0.106 e. The summed E-state index contributed by atoms with van der Waals surface area (Å²) in [6, 6.07) is 2.37. The first-order chi connectivity index (χ1) is 8.59. The van der Waals surface area contributed by atoms with E-state index in [0.717, 1.165) is 31.9 Å². The van der Waals surface area contributed by atoms with Gasteiger partial charge in [0.2, 0.25) is 0 Å². The van der Waals surface area contributed by atoms with Crippen molar-refractivity contribution >= 4 is 0 Å². The molecule has 1 rings (SSSR count). The molecule has 0 aromatic heterocycles. The van der Waals surface area contributed by atoms with Crippen LogP contribution in [0.25, 0.3) is 0 Å². The van der Waals surface area contributed by atoms with Crippen molar-refractivity contribution in [2.75, 3.05) is 13.2 Å². The average molecular weight is 252 g/mol. The molecular formula is C15H28N2O. The number of rotatable bonds is 9. The van der Waals surface area contributed by atoms with E-state index in [1.54, 1.807) is 0 Å². The molecule has 0 aromatic carbocycles. The predicted octanol–water partition coefficient (Wildman–Crippen LogP) is 3.25. The van der Waals surface area contributed by atoms with Crippen molar-refractivity contribution in [2.45, 2.75) is 70.9 Å². The molecule has 1 N–H and O–H groups in total. The molecule has 1 aliphatic carbocycles. The summed E-state index contributed by atoms with van der Waals surface area (Å²) in [5.74, 6) is 0.901. The van der Waals surface area contributed by atoms with Crippen LogP contribution >= 0.6 is 0 Å². The Labute approximate surface area is 112 Å². The minimum Gasteiger partial charge on any atom is -0.378 e.